The molecule has 0 aliphatic carbocycles. The van der Waals surface area contributed by atoms with Gasteiger partial charge in [-0.25, -0.2) is 14.4 Å². The third kappa shape index (κ3) is 7.76. The molecule has 2 aromatic heterocycles. The number of amides is 1. The molecule has 5 nitrogen and oxygen atoms in total. The topological polar surface area (TPSA) is 55.3 Å². The van der Waals surface area contributed by atoms with Gasteiger partial charge in [0.15, 0.2) is 0 Å². The zero-order chi connectivity index (χ0) is 25.1. The monoisotopic (exact) mass is 483 g/mol. The van der Waals surface area contributed by atoms with E-state index < -0.39 is 5.82 Å². The number of aromatic nitrogens is 2. The van der Waals surface area contributed by atoms with Gasteiger partial charge >= 0.3 is 0 Å². The zero-order valence-corrected chi connectivity index (χ0v) is 21.5. The summed E-state index contributed by atoms with van der Waals surface area (Å²) in [7, 11) is 0. The van der Waals surface area contributed by atoms with Gasteiger partial charge < -0.3 is 9.64 Å². The van der Waals surface area contributed by atoms with Gasteiger partial charge in [0, 0.05) is 24.2 Å². The van der Waals surface area contributed by atoms with Crippen LogP contribution in [0.15, 0.2) is 60.9 Å². The Balaban J connectivity index is 0.000000945. The van der Waals surface area contributed by atoms with Crippen molar-refractivity contribution < 1.29 is 13.9 Å². The number of rotatable bonds is 9. The highest BCUT2D eigenvalue weighted by molar-refractivity contribution is 7.15. The van der Waals surface area contributed by atoms with E-state index in [0.717, 1.165) is 21.6 Å². The molecule has 34 heavy (non-hydrogen) atoms. The highest BCUT2D eigenvalue weighted by Gasteiger charge is 2.27. The van der Waals surface area contributed by atoms with E-state index in [0.29, 0.717) is 23.7 Å². The average molecular weight is 484 g/mol. The summed E-state index contributed by atoms with van der Waals surface area (Å²) in [5.41, 5.74) is 2.02. The van der Waals surface area contributed by atoms with Gasteiger partial charge in [-0.15, -0.1) is 11.3 Å². The molecule has 3 aromatic rings. The van der Waals surface area contributed by atoms with Gasteiger partial charge in [-0.1, -0.05) is 63.6 Å². The first-order valence-corrected chi connectivity index (χ1v) is 12.4. The lowest BCUT2D eigenvalue weighted by Gasteiger charge is -2.28. The average Bonchev–Trinajstić information content (AvgIpc) is 3.22. The van der Waals surface area contributed by atoms with E-state index in [1.807, 2.05) is 51.1 Å². The van der Waals surface area contributed by atoms with Gasteiger partial charge in [-0.05, 0) is 32.4 Å². The highest BCUT2D eigenvalue weighted by Crippen LogP contribution is 2.32. The van der Waals surface area contributed by atoms with E-state index in [2.05, 4.69) is 30.4 Å². The van der Waals surface area contributed by atoms with Crippen molar-refractivity contribution in [2.45, 2.75) is 59.9 Å². The number of hydrogen-bond acceptors (Lipinski definition) is 5. The predicted molar refractivity (Wildman–Crippen MR) is 138 cm³/mol. The third-order valence-corrected chi connectivity index (χ3v) is 5.91. The Morgan fingerprint density at radius 1 is 1.15 bits per heavy atom. The van der Waals surface area contributed by atoms with Crippen molar-refractivity contribution in [1.82, 2.24) is 14.9 Å². The first kappa shape index (κ1) is 27.2. The smallest absolute Gasteiger partial charge is 0.278 e. The number of ether oxygens (including phenoxy) is 1. The van der Waals surface area contributed by atoms with Crippen LogP contribution in [0.4, 0.5) is 4.39 Å². The van der Waals surface area contributed by atoms with Crippen LogP contribution in [0.2, 0.25) is 0 Å². The second-order valence-corrected chi connectivity index (χ2v) is 9.23. The number of hydrogen-bond donors (Lipinski definition) is 0. The second-order valence-electron chi connectivity index (χ2n) is 8.02. The number of unbranched alkanes of at least 4 members (excludes halogenated alkanes) is 1. The molecule has 0 fully saturated rings. The van der Waals surface area contributed by atoms with Gasteiger partial charge in [0.05, 0.1) is 22.7 Å². The molecule has 1 amide bonds. The Bertz CT molecular complexity index is 1050. The SMILES string of the molecule is C=C(CCOc1ccc(F)cn1)N(C(=O)c1nc(C)sc1-c1ccccc1)C(C)C.CCCC. The largest absolute Gasteiger partial charge is 0.477 e. The van der Waals surface area contributed by atoms with Crippen LogP contribution in [0, 0.1) is 12.7 Å². The summed E-state index contributed by atoms with van der Waals surface area (Å²) in [5, 5.41) is 0.831. The van der Waals surface area contributed by atoms with Crippen LogP contribution in [0.1, 0.15) is 62.5 Å². The summed E-state index contributed by atoms with van der Waals surface area (Å²) in [6, 6.07) is 12.4. The Morgan fingerprint density at radius 2 is 1.82 bits per heavy atom. The molecule has 0 aliphatic heterocycles. The fraction of sp³-hybridized carbons (Fsp3) is 0.370. The molecular weight excluding hydrogens is 449 g/mol. The molecule has 0 N–H and O–H groups in total. The second kappa shape index (κ2) is 13.6. The van der Waals surface area contributed by atoms with Crippen molar-refractivity contribution in [3.63, 3.8) is 0 Å². The van der Waals surface area contributed by atoms with Crippen molar-refractivity contribution in [2.24, 2.45) is 0 Å². The molecular formula is C27H34FN3O2S. The summed E-state index contributed by atoms with van der Waals surface area (Å²) >= 11 is 1.50. The van der Waals surface area contributed by atoms with Crippen LogP contribution in [-0.2, 0) is 0 Å². The number of carbonyl (C=O) groups is 1. The van der Waals surface area contributed by atoms with Crippen molar-refractivity contribution in [3.8, 4) is 16.3 Å². The predicted octanol–water partition coefficient (Wildman–Crippen LogP) is 7.29. The molecule has 3 rings (SSSR count). The van der Waals surface area contributed by atoms with Crippen LogP contribution < -0.4 is 4.74 Å². The number of halogens is 1. The molecule has 1 aromatic carbocycles. The van der Waals surface area contributed by atoms with Gasteiger partial charge in [-0.2, -0.15) is 0 Å². The van der Waals surface area contributed by atoms with E-state index in [-0.39, 0.29) is 18.6 Å². The molecule has 182 valence electrons. The van der Waals surface area contributed by atoms with Crippen LogP contribution in [0.5, 0.6) is 5.88 Å². The lowest BCUT2D eigenvalue weighted by Crippen LogP contribution is -2.36. The summed E-state index contributed by atoms with van der Waals surface area (Å²) in [6.07, 6.45) is 4.16. The van der Waals surface area contributed by atoms with Crippen LogP contribution >= 0.6 is 11.3 Å². The minimum Gasteiger partial charge on any atom is -0.477 e. The molecule has 0 atom stereocenters. The van der Waals surface area contributed by atoms with Gasteiger partial charge in [0.25, 0.3) is 5.91 Å². The molecule has 0 saturated carbocycles. The normalized spacial score (nSPS) is 10.4. The summed E-state index contributed by atoms with van der Waals surface area (Å²) in [6.45, 7) is 14.5. The van der Waals surface area contributed by atoms with Crippen molar-refractivity contribution in [2.75, 3.05) is 6.61 Å². The van der Waals surface area contributed by atoms with Crippen LogP contribution in [-0.4, -0.2) is 33.4 Å². The van der Waals surface area contributed by atoms with E-state index in [1.165, 1.54) is 36.3 Å². The Hall–Kier alpha value is -3.06. The quantitative estimate of drug-likeness (QED) is 0.321. The number of nitrogens with zero attached hydrogens (tertiary/aromatic N) is 3. The van der Waals surface area contributed by atoms with Gasteiger partial charge in [-0.3, -0.25) is 4.79 Å². The first-order valence-electron chi connectivity index (χ1n) is 11.6. The van der Waals surface area contributed by atoms with Crippen molar-refractivity contribution in [3.05, 3.63) is 77.5 Å². The highest BCUT2D eigenvalue weighted by atomic mass is 32.1. The first-order chi connectivity index (χ1) is 16.3. The molecule has 0 radical (unpaired) electrons. The van der Waals surface area contributed by atoms with E-state index in [4.69, 9.17) is 4.74 Å². The van der Waals surface area contributed by atoms with Crippen molar-refractivity contribution in [1.29, 1.82) is 0 Å². The minimum absolute atomic E-state index is 0.0976. The van der Waals surface area contributed by atoms with E-state index in [1.54, 1.807) is 4.90 Å². The summed E-state index contributed by atoms with van der Waals surface area (Å²) < 4.78 is 18.5. The number of carbonyl (C=O) groups excluding carboxylic acids is 1. The van der Waals surface area contributed by atoms with E-state index in [9.17, 15) is 9.18 Å². The molecule has 7 heteroatoms. The molecule has 0 saturated heterocycles. The lowest BCUT2D eigenvalue weighted by atomic mass is 10.1. The Kier molecular flexibility index (Phi) is 10.9. The van der Waals surface area contributed by atoms with Gasteiger partial charge in [0.1, 0.15) is 11.5 Å². The molecule has 0 spiro atoms. The Labute approximate surface area is 206 Å². The van der Waals surface area contributed by atoms with Gasteiger partial charge in [0.2, 0.25) is 5.88 Å². The van der Waals surface area contributed by atoms with Crippen molar-refractivity contribution >= 4 is 17.2 Å². The fourth-order valence-corrected chi connectivity index (χ4v) is 3.97. The number of benzene rings is 1. The Morgan fingerprint density at radius 3 is 2.38 bits per heavy atom. The van der Waals surface area contributed by atoms with Crippen LogP contribution in [0.3, 0.4) is 0 Å². The fourth-order valence-electron chi connectivity index (χ4n) is 3.06. The molecule has 2 heterocycles. The number of thiazole rings is 1. The zero-order valence-electron chi connectivity index (χ0n) is 20.7. The standard InChI is InChI=1S/C23H24FN3O2S.C4H10/c1-15(2)27(16(3)12-13-29-20-11-10-19(24)14-25-20)23(28)21-22(30-17(4)26-21)18-8-6-5-7-9-18;1-3-4-2/h5-11,14-15H,3,12-13H2,1-2,4H3;3-4H2,1-2H3. The van der Waals surface area contributed by atoms with Crippen LogP contribution in [0.25, 0.3) is 10.4 Å². The molecule has 0 aliphatic rings. The maximum Gasteiger partial charge on any atom is 0.278 e. The maximum absolute atomic E-state index is 13.4. The molecule has 0 unspecified atom stereocenters. The van der Waals surface area contributed by atoms with E-state index >= 15 is 0 Å². The minimum atomic E-state index is -0.420. The number of aryl methyl sites for hydroxylation is 1. The summed E-state index contributed by atoms with van der Waals surface area (Å²) in [4.78, 5) is 24.3. The number of pyridine rings is 1. The summed E-state index contributed by atoms with van der Waals surface area (Å²) in [5.74, 6) is -0.276. The molecule has 0 bridgehead atoms. The maximum atomic E-state index is 13.4. The lowest BCUT2D eigenvalue weighted by molar-refractivity contribution is 0.0754. The third-order valence-electron chi connectivity index (χ3n) is 4.89.